The molecule has 4 atom stereocenters. The van der Waals surface area contributed by atoms with E-state index in [9.17, 15) is 14.7 Å². The molecule has 0 bridgehead atoms. The van der Waals surface area contributed by atoms with E-state index in [4.69, 9.17) is 0 Å². The topological polar surface area (TPSA) is 69.6 Å². The van der Waals surface area contributed by atoms with E-state index in [0.29, 0.717) is 12.5 Å². The van der Waals surface area contributed by atoms with E-state index in [1.807, 2.05) is 18.7 Å². The highest BCUT2D eigenvalue weighted by atomic mass is 16.3. The molecule has 108 valence electrons. The highest BCUT2D eigenvalue weighted by molar-refractivity contribution is 5.87. The van der Waals surface area contributed by atoms with Crippen molar-refractivity contribution in [3.05, 3.63) is 0 Å². The Hall–Kier alpha value is -1.10. The van der Waals surface area contributed by atoms with E-state index < -0.39 is 6.04 Å². The van der Waals surface area contributed by atoms with Gasteiger partial charge in [-0.2, -0.15) is 0 Å². The molecule has 1 saturated heterocycles. The first-order valence-corrected chi connectivity index (χ1v) is 7.14. The van der Waals surface area contributed by atoms with Gasteiger partial charge in [0, 0.05) is 25.9 Å². The fourth-order valence-electron chi connectivity index (χ4n) is 3.35. The number of hydrogen-bond donors (Lipinski definition) is 2. The van der Waals surface area contributed by atoms with Gasteiger partial charge in [-0.3, -0.25) is 9.59 Å². The molecule has 19 heavy (non-hydrogen) atoms. The summed E-state index contributed by atoms with van der Waals surface area (Å²) in [6, 6.07) is -0.450. The molecular weight excluding hydrogens is 244 g/mol. The third-order valence-corrected chi connectivity index (χ3v) is 4.42. The molecule has 1 aliphatic heterocycles. The molecular formula is C14H24N2O3. The number of carbonyl (C=O) groups is 2. The highest BCUT2D eigenvalue weighted by Gasteiger charge is 2.44. The van der Waals surface area contributed by atoms with Crippen molar-refractivity contribution in [3.8, 4) is 0 Å². The van der Waals surface area contributed by atoms with Crippen molar-refractivity contribution in [2.45, 2.75) is 45.8 Å². The lowest BCUT2D eigenvalue weighted by molar-refractivity contribution is -0.136. The van der Waals surface area contributed by atoms with Crippen molar-refractivity contribution in [1.29, 1.82) is 0 Å². The Balaban J connectivity index is 2.01. The van der Waals surface area contributed by atoms with Crippen LogP contribution in [0.1, 0.15) is 33.6 Å². The van der Waals surface area contributed by atoms with E-state index >= 15 is 0 Å². The average molecular weight is 268 g/mol. The second-order valence-electron chi connectivity index (χ2n) is 6.23. The van der Waals surface area contributed by atoms with Crippen molar-refractivity contribution in [3.63, 3.8) is 0 Å². The average Bonchev–Trinajstić information content (AvgIpc) is 2.87. The number of nitrogens with zero attached hydrogens (tertiary/aromatic N) is 1. The second kappa shape index (κ2) is 5.49. The molecule has 2 fully saturated rings. The summed E-state index contributed by atoms with van der Waals surface area (Å²) in [7, 11) is 0. The number of aliphatic hydroxyl groups excluding tert-OH is 1. The summed E-state index contributed by atoms with van der Waals surface area (Å²) < 4.78 is 0. The van der Waals surface area contributed by atoms with Gasteiger partial charge in [0.05, 0.1) is 6.10 Å². The summed E-state index contributed by atoms with van der Waals surface area (Å²) in [5.74, 6) is 0.554. The number of likely N-dealkylation sites (tertiary alicyclic amines) is 1. The Kier molecular flexibility index (Phi) is 4.13. The third-order valence-electron chi connectivity index (χ3n) is 4.42. The molecule has 2 rings (SSSR count). The van der Waals surface area contributed by atoms with Crippen molar-refractivity contribution in [1.82, 2.24) is 10.2 Å². The fourth-order valence-corrected chi connectivity index (χ4v) is 3.35. The molecule has 1 heterocycles. The molecule has 4 unspecified atom stereocenters. The van der Waals surface area contributed by atoms with E-state index in [0.717, 1.165) is 19.4 Å². The van der Waals surface area contributed by atoms with Gasteiger partial charge < -0.3 is 15.3 Å². The van der Waals surface area contributed by atoms with Crippen LogP contribution in [0.2, 0.25) is 0 Å². The number of carbonyl (C=O) groups excluding carboxylic acids is 2. The summed E-state index contributed by atoms with van der Waals surface area (Å²) in [4.78, 5) is 25.5. The van der Waals surface area contributed by atoms with Gasteiger partial charge in [-0.05, 0) is 24.7 Å². The Morgan fingerprint density at radius 2 is 1.95 bits per heavy atom. The zero-order valence-electron chi connectivity index (χ0n) is 11.9. The highest BCUT2D eigenvalue weighted by Crippen LogP contribution is 2.38. The number of nitrogens with one attached hydrogen (secondary N) is 1. The summed E-state index contributed by atoms with van der Waals surface area (Å²) in [5.41, 5.74) is 0. The van der Waals surface area contributed by atoms with Crippen LogP contribution in [-0.4, -0.2) is 47.1 Å². The fraction of sp³-hybridized carbons (Fsp3) is 0.857. The lowest BCUT2D eigenvalue weighted by Crippen LogP contribution is -2.50. The van der Waals surface area contributed by atoms with Crippen LogP contribution in [0.5, 0.6) is 0 Å². The zero-order valence-corrected chi connectivity index (χ0v) is 11.9. The van der Waals surface area contributed by atoms with Crippen LogP contribution in [0.15, 0.2) is 0 Å². The predicted molar refractivity (Wildman–Crippen MR) is 71.2 cm³/mol. The number of aliphatic hydroxyl groups is 1. The first-order chi connectivity index (χ1) is 8.90. The SMILES string of the molecule is CC(=O)NC(C(=O)N1CC2CCC(O)C2C1)C(C)C. The van der Waals surface area contributed by atoms with Gasteiger partial charge in [0.1, 0.15) is 6.04 Å². The third kappa shape index (κ3) is 2.91. The molecule has 0 spiro atoms. The maximum Gasteiger partial charge on any atom is 0.245 e. The second-order valence-corrected chi connectivity index (χ2v) is 6.23. The summed E-state index contributed by atoms with van der Waals surface area (Å²) in [6.45, 7) is 6.66. The minimum absolute atomic E-state index is 0.00759. The van der Waals surface area contributed by atoms with Gasteiger partial charge in [0.25, 0.3) is 0 Å². The first kappa shape index (κ1) is 14.3. The van der Waals surface area contributed by atoms with Crippen LogP contribution in [0.25, 0.3) is 0 Å². The molecule has 0 radical (unpaired) electrons. The molecule has 2 N–H and O–H groups in total. The van der Waals surface area contributed by atoms with Gasteiger partial charge in [0.2, 0.25) is 11.8 Å². The minimum atomic E-state index is -0.450. The minimum Gasteiger partial charge on any atom is -0.393 e. The van der Waals surface area contributed by atoms with Crippen molar-refractivity contribution in [2.75, 3.05) is 13.1 Å². The number of rotatable bonds is 3. The molecule has 5 heteroatoms. The molecule has 1 saturated carbocycles. The predicted octanol–water partition coefficient (Wildman–Crippen LogP) is 0.376. The lowest BCUT2D eigenvalue weighted by Gasteiger charge is -2.27. The van der Waals surface area contributed by atoms with Gasteiger partial charge in [-0.1, -0.05) is 13.8 Å². The van der Waals surface area contributed by atoms with E-state index in [-0.39, 0.29) is 29.8 Å². The largest absolute Gasteiger partial charge is 0.393 e. The van der Waals surface area contributed by atoms with Crippen LogP contribution in [0.4, 0.5) is 0 Å². The summed E-state index contributed by atoms with van der Waals surface area (Å²) in [6.07, 6.45) is 1.60. The quantitative estimate of drug-likeness (QED) is 0.777. The van der Waals surface area contributed by atoms with Crippen molar-refractivity contribution in [2.24, 2.45) is 17.8 Å². The smallest absolute Gasteiger partial charge is 0.245 e. The van der Waals surface area contributed by atoms with Crippen LogP contribution in [0, 0.1) is 17.8 Å². The lowest BCUT2D eigenvalue weighted by atomic mass is 10.00. The molecule has 2 aliphatic rings. The van der Waals surface area contributed by atoms with Crippen molar-refractivity contribution < 1.29 is 14.7 Å². The number of fused-ring (bicyclic) bond motifs is 1. The molecule has 0 aromatic carbocycles. The molecule has 0 aromatic heterocycles. The summed E-state index contributed by atoms with van der Waals surface area (Å²) in [5, 5.41) is 12.6. The molecule has 1 aliphatic carbocycles. The Bertz CT molecular complexity index is 370. The van der Waals surface area contributed by atoms with Gasteiger partial charge in [0.15, 0.2) is 0 Å². The van der Waals surface area contributed by atoms with Gasteiger partial charge in [-0.15, -0.1) is 0 Å². The maximum atomic E-state index is 12.5. The Labute approximate surface area is 114 Å². The molecule has 2 amide bonds. The standard InChI is InChI=1S/C14H24N2O3/c1-8(2)13(15-9(3)17)14(19)16-6-10-4-5-12(18)11(10)7-16/h8,10-13,18H,4-7H2,1-3H3,(H,15,17). The van der Waals surface area contributed by atoms with Crippen LogP contribution >= 0.6 is 0 Å². The first-order valence-electron chi connectivity index (χ1n) is 7.14. The van der Waals surface area contributed by atoms with Gasteiger partial charge >= 0.3 is 0 Å². The monoisotopic (exact) mass is 268 g/mol. The van der Waals surface area contributed by atoms with Crippen LogP contribution in [-0.2, 0) is 9.59 Å². The number of hydrogen-bond acceptors (Lipinski definition) is 3. The van der Waals surface area contributed by atoms with Crippen LogP contribution < -0.4 is 5.32 Å². The van der Waals surface area contributed by atoms with E-state index in [1.165, 1.54) is 6.92 Å². The molecule has 0 aromatic rings. The maximum absolute atomic E-state index is 12.5. The number of amides is 2. The normalized spacial score (nSPS) is 31.4. The van der Waals surface area contributed by atoms with Gasteiger partial charge in [-0.25, -0.2) is 0 Å². The summed E-state index contributed by atoms with van der Waals surface area (Å²) >= 11 is 0. The molecule has 5 nitrogen and oxygen atoms in total. The Morgan fingerprint density at radius 3 is 2.47 bits per heavy atom. The zero-order chi connectivity index (χ0) is 14.2. The Morgan fingerprint density at radius 1 is 1.26 bits per heavy atom. The van der Waals surface area contributed by atoms with Crippen molar-refractivity contribution >= 4 is 11.8 Å². The van der Waals surface area contributed by atoms with E-state index in [1.54, 1.807) is 0 Å². The van der Waals surface area contributed by atoms with Crippen LogP contribution in [0.3, 0.4) is 0 Å². The van der Waals surface area contributed by atoms with E-state index in [2.05, 4.69) is 5.32 Å².